The Hall–Kier alpha value is -1.84. The Morgan fingerprint density at radius 2 is 1.76 bits per heavy atom. The van der Waals surface area contributed by atoms with Gasteiger partial charge in [-0.05, 0) is 30.4 Å². The van der Waals surface area contributed by atoms with Crippen molar-refractivity contribution in [1.82, 2.24) is 5.32 Å². The molecule has 1 saturated carbocycles. The molecule has 0 heterocycles. The molecule has 0 bridgehead atoms. The van der Waals surface area contributed by atoms with Crippen LogP contribution in [0, 0.1) is 11.8 Å². The predicted octanol–water partition coefficient (Wildman–Crippen LogP) is 2.76. The number of aryl methyl sites for hydroxylation is 1. The lowest BCUT2D eigenvalue weighted by molar-refractivity contribution is -0.148. The molecule has 1 fully saturated rings. The third-order valence-corrected chi connectivity index (χ3v) is 4.37. The first-order chi connectivity index (χ1) is 10.1. The van der Waals surface area contributed by atoms with Gasteiger partial charge in [-0.15, -0.1) is 0 Å². The van der Waals surface area contributed by atoms with Crippen LogP contribution in [0.1, 0.15) is 43.7 Å². The molecule has 0 radical (unpaired) electrons. The number of hydrogen-bond donors (Lipinski definition) is 2. The van der Waals surface area contributed by atoms with Crippen molar-refractivity contribution in [3.05, 3.63) is 35.4 Å². The van der Waals surface area contributed by atoms with Crippen LogP contribution >= 0.6 is 0 Å². The number of nitrogens with one attached hydrogen (secondary N) is 1. The Bertz CT molecular complexity index is 513. The molecule has 2 atom stereocenters. The van der Waals surface area contributed by atoms with Crippen molar-refractivity contribution in [3.63, 3.8) is 0 Å². The fraction of sp³-hybridized carbons (Fsp3) is 0.529. The van der Waals surface area contributed by atoms with Crippen LogP contribution < -0.4 is 5.32 Å². The Labute approximate surface area is 125 Å². The first kappa shape index (κ1) is 15.5. The second-order valence-electron chi connectivity index (χ2n) is 5.68. The number of carbonyl (C=O) groups is 2. The minimum Gasteiger partial charge on any atom is -0.481 e. The summed E-state index contributed by atoms with van der Waals surface area (Å²) in [5, 5.41) is 12.2. The summed E-state index contributed by atoms with van der Waals surface area (Å²) < 4.78 is 0. The third-order valence-electron chi connectivity index (χ3n) is 4.37. The van der Waals surface area contributed by atoms with Crippen LogP contribution in [0.5, 0.6) is 0 Å². The summed E-state index contributed by atoms with van der Waals surface area (Å²) in [6.45, 7) is 2.56. The van der Waals surface area contributed by atoms with E-state index in [1.165, 1.54) is 5.56 Å². The summed E-state index contributed by atoms with van der Waals surface area (Å²) in [6, 6.07) is 8.02. The van der Waals surface area contributed by atoms with Gasteiger partial charge in [-0.1, -0.05) is 44.0 Å². The maximum atomic E-state index is 12.3. The SMILES string of the molecule is CCc1ccccc1CNC(=O)C1CCCCC1C(=O)O. The minimum absolute atomic E-state index is 0.118. The quantitative estimate of drug-likeness (QED) is 0.876. The largest absolute Gasteiger partial charge is 0.481 e. The fourth-order valence-electron chi connectivity index (χ4n) is 3.13. The predicted molar refractivity (Wildman–Crippen MR) is 80.8 cm³/mol. The van der Waals surface area contributed by atoms with Crippen molar-refractivity contribution in [3.8, 4) is 0 Å². The van der Waals surface area contributed by atoms with Gasteiger partial charge in [0.25, 0.3) is 0 Å². The van der Waals surface area contributed by atoms with Gasteiger partial charge in [0.1, 0.15) is 0 Å². The maximum absolute atomic E-state index is 12.3. The van der Waals surface area contributed by atoms with Crippen LogP contribution in [-0.2, 0) is 22.6 Å². The van der Waals surface area contributed by atoms with Crippen LogP contribution in [0.3, 0.4) is 0 Å². The van der Waals surface area contributed by atoms with Crippen molar-refractivity contribution in [2.75, 3.05) is 0 Å². The van der Waals surface area contributed by atoms with E-state index >= 15 is 0 Å². The molecule has 1 aliphatic rings. The van der Waals surface area contributed by atoms with E-state index in [2.05, 4.69) is 18.3 Å². The van der Waals surface area contributed by atoms with Crippen molar-refractivity contribution in [2.24, 2.45) is 11.8 Å². The molecular formula is C17H23NO3. The van der Waals surface area contributed by atoms with Gasteiger partial charge in [-0.25, -0.2) is 0 Å². The highest BCUT2D eigenvalue weighted by molar-refractivity contribution is 5.84. The van der Waals surface area contributed by atoms with Crippen LogP contribution in [-0.4, -0.2) is 17.0 Å². The number of carbonyl (C=O) groups excluding carboxylic acids is 1. The minimum atomic E-state index is -0.844. The molecule has 1 aromatic carbocycles. The number of carboxylic acids is 1. The standard InChI is InChI=1S/C17H23NO3/c1-2-12-7-3-4-8-13(12)11-18-16(19)14-9-5-6-10-15(14)17(20)21/h3-4,7-8,14-15H,2,5-6,9-11H2,1H3,(H,18,19)(H,20,21). The van der Waals surface area contributed by atoms with Crippen LogP contribution in [0.4, 0.5) is 0 Å². The lowest BCUT2D eigenvalue weighted by Gasteiger charge is -2.27. The van der Waals surface area contributed by atoms with Gasteiger partial charge >= 0.3 is 5.97 Å². The number of benzene rings is 1. The second kappa shape index (κ2) is 7.25. The molecule has 1 amide bonds. The smallest absolute Gasteiger partial charge is 0.307 e. The van der Waals surface area contributed by atoms with Crippen molar-refractivity contribution < 1.29 is 14.7 Å². The first-order valence-electron chi connectivity index (χ1n) is 7.70. The van der Waals surface area contributed by atoms with Gasteiger partial charge in [0.2, 0.25) is 5.91 Å². The molecule has 2 unspecified atom stereocenters. The molecule has 1 aromatic rings. The van der Waals surface area contributed by atoms with Gasteiger partial charge in [0.05, 0.1) is 11.8 Å². The van der Waals surface area contributed by atoms with Gasteiger partial charge in [-0.3, -0.25) is 9.59 Å². The summed E-state index contributed by atoms with van der Waals surface area (Å²) in [4.78, 5) is 23.6. The van der Waals surface area contributed by atoms with Gasteiger partial charge in [0.15, 0.2) is 0 Å². The topological polar surface area (TPSA) is 66.4 Å². The van der Waals surface area contributed by atoms with Gasteiger partial charge in [-0.2, -0.15) is 0 Å². The molecule has 4 nitrogen and oxygen atoms in total. The van der Waals surface area contributed by atoms with Crippen molar-refractivity contribution in [1.29, 1.82) is 0 Å². The summed E-state index contributed by atoms with van der Waals surface area (Å²) in [5.74, 6) is -1.87. The van der Waals surface area contributed by atoms with Crippen molar-refractivity contribution >= 4 is 11.9 Å². The highest BCUT2D eigenvalue weighted by Crippen LogP contribution is 2.30. The molecule has 4 heteroatoms. The summed E-state index contributed by atoms with van der Waals surface area (Å²) in [7, 11) is 0. The molecule has 2 N–H and O–H groups in total. The van der Waals surface area contributed by atoms with Crippen molar-refractivity contribution in [2.45, 2.75) is 45.6 Å². The zero-order valence-corrected chi connectivity index (χ0v) is 12.5. The van der Waals surface area contributed by atoms with E-state index in [9.17, 15) is 14.7 Å². The highest BCUT2D eigenvalue weighted by atomic mass is 16.4. The fourth-order valence-corrected chi connectivity index (χ4v) is 3.13. The summed E-state index contributed by atoms with van der Waals surface area (Å²) in [5.41, 5.74) is 2.33. The molecule has 21 heavy (non-hydrogen) atoms. The van der Waals surface area contributed by atoms with E-state index in [1.807, 2.05) is 18.2 Å². The zero-order chi connectivity index (χ0) is 15.2. The third kappa shape index (κ3) is 3.84. The lowest BCUT2D eigenvalue weighted by Crippen LogP contribution is -2.39. The molecule has 0 saturated heterocycles. The number of rotatable bonds is 5. The Kier molecular flexibility index (Phi) is 5.37. The zero-order valence-electron chi connectivity index (χ0n) is 12.5. The van der Waals surface area contributed by atoms with E-state index in [1.54, 1.807) is 0 Å². The highest BCUT2D eigenvalue weighted by Gasteiger charge is 2.35. The maximum Gasteiger partial charge on any atom is 0.307 e. The van der Waals surface area contributed by atoms with E-state index in [-0.39, 0.29) is 11.8 Å². The van der Waals surface area contributed by atoms with E-state index in [4.69, 9.17) is 0 Å². The molecule has 0 aromatic heterocycles. The summed E-state index contributed by atoms with van der Waals surface area (Å²) >= 11 is 0. The Morgan fingerprint density at radius 1 is 1.14 bits per heavy atom. The number of amides is 1. The number of hydrogen-bond acceptors (Lipinski definition) is 2. The first-order valence-corrected chi connectivity index (χ1v) is 7.70. The lowest BCUT2D eigenvalue weighted by atomic mass is 9.78. The molecule has 2 rings (SSSR count). The van der Waals surface area contributed by atoms with Crippen LogP contribution in [0.15, 0.2) is 24.3 Å². The van der Waals surface area contributed by atoms with Gasteiger partial charge in [0, 0.05) is 6.54 Å². The van der Waals surface area contributed by atoms with Crippen LogP contribution in [0.25, 0.3) is 0 Å². The Balaban J connectivity index is 1.99. The van der Waals surface area contributed by atoms with E-state index in [0.717, 1.165) is 24.8 Å². The molecule has 0 spiro atoms. The Morgan fingerprint density at radius 3 is 2.38 bits per heavy atom. The van der Waals surface area contributed by atoms with E-state index < -0.39 is 11.9 Å². The molecule has 114 valence electrons. The van der Waals surface area contributed by atoms with Gasteiger partial charge < -0.3 is 10.4 Å². The molecule has 1 aliphatic carbocycles. The average Bonchev–Trinajstić information content (AvgIpc) is 2.52. The normalized spacial score (nSPS) is 21.8. The van der Waals surface area contributed by atoms with E-state index in [0.29, 0.717) is 19.4 Å². The van der Waals surface area contributed by atoms with Crippen LogP contribution in [0.2, 0.25) is 0 Å². The summed E-state index contributed by atoms with van der Waals surface area (Å²) in [6.07, 6.45) is 4.05. The number of carboxylic acid groups (broad SMARTS) is 1. The molecular weight excluding hydrogens is 266 g/mol. The molecule has 0 aliphatic heterocycles. The number of aliphatic carboxylic acids is 1. The monoisotopic (exact) mass is 289 g/mol. The average molecular weight is 289 g/mol. The second-order valence-corrected chi connectivity index (χ2v) is 5.68.